The largest absolute Gasteiger partial charge is 0.494 e. The van der Waals surface area contributed by atoms with Crippen LogP contribution in [0.25, 0.3) is 0 Å². The van der Waals surface area contributed by atoms with Crippen molar-refractivity contribution < 1.29 is 14.2 Å². The molecule has 2 heterocycles. The van der Waals surface area contributed by atoms with Crippen LogP contribution in [0.2, 0.25) is 0 Å². The molecule has 1 saturated heterocycles. The number of aliphatic hydroxyl groups is 1. The average Bonchev–Trinajstić information content (AvgIpc) is 2.62. The summed E-state index contributed by atoms with van der Waals surface area (Å²) in [6.07, 6.45) is 4.00. The lowest BCUT2D eigenvalue weighted by Gasteiger charge is -2.51. The van der Waals surface area contributed by atoms with Gasteiger partial charge in [0, 0.05) is 31.5 Å². The molecule has 1 unspecified atom stereocenters. The van der Waals surface area contributed by atoms with E-state index in [0.29, 0.717) is 18.9 Å². The average molecular weight is 364 g/mol. The number of rotatable bonds is 7. The highest BCUT2D eigenvalue weighted by Gasteiger charge is 2.47. The SMILES string of the molecule is CCOc1ccc2c(c1)CCN1C[C@H](CC(C)CC)[C@](O)(CCF)C[C@@H]21. The highest BCUT2D eigenvalue weighted by atomic mass is 19.1. The topological polar surface area (TPSA) is 32.7 Å². The Morgan fingerprint density at radius 3 is 2.88 bits per heavy atom. The zero-order chi connectivity index (χ0) is 18.7. The van der Waals surface area contributed by atoms with Crippen LogP contribution < -0.4 is 4.74 Å². The molecule has 0 amide bonds. The molecule has 4 atom stereocenters. The Bertz CT molecular complexity index is 608. The second-order valence-corrected chi connectivity index (χ2v) is 8.25. The lowest BCUT2D eigenvalue weighted by Crippen LogP contribution is -2.55. The summed E-state index contributed by atoms with van der Waals surface area (Å²) in [6, 6.07) is 6.53. The third-order valence-electron chi connectivity index (χ3n) is 6.57. The maximum atomic E-state index is 13.3. The minimum absolute atomic E-state index is 0.161. The molecule has 4 heteroatoms. The van der Waals surface area contributed by atoms with Crippen LogP contribution in [0.5, 0.6) is 5.75 Å². The first-order valence-corrected chi connectivity index (χ1v) is 10.3. The highest BCUT2D eigenvalue weighted by Crippen LogP contribution is 2.46. The molecule has 1 N–H and O–H groups in total. The van der Waals surface area contributed by atoms with Crippen molar-refractivity contribution in [2.75, 3.05) is 26.4 Å². The van der Waals surface area contributed by atoms with E-state index < -0.39 is 12.3 Å². The molecular formula is C22H34FNO2. The molecule has 0 aromatic heterocycles. The van der Waals surface area contributed by atoms with Crippen molar-refractivity contribution in [2.24, 2.45) is 11.8 Å². The number of nitrogens with zero attached hydrogens (tertiary/aromatic N) is 1. The molecule has 0 radical (unpaired) electrons. The number of benzene rings is 1. The van der Waals surface area contributed by atoms with Gasteiger partial charge in [-0.25, -0.2) is 0 Å². The summed E-state index contributed by atoms with van der Waals surface area (Å²) in [7, 11) is 0. The Labute approximate surface area is 157 Å². The fourth-order valence-electron chi connectivity index (χ4n) is 4.82. The van der Waals surface area contributed by atoms with Crippen LogP contribution in [-0.4, -0.2) is 42.0 Å². The predicted octanol–water partition coefficient (Wildman–Crippen LogP) is 4.53. The standard InChI is InChI=1S/C22H34FNO2/c1-4-16(3)12-18-15-24-11-8-17-13-19(26-5-2)6-7-20(17)21(24)14-22(18,25)9-10-23/h6-7,13,16,18,21,25H,4-5,8-12,14-15H2,1-3H3/t16?,18-,21-,22-/m0/s1. The van der Waals surface area contributed by atoms with Gasteiger partial charge in [0.25, 0.3) is 0 Å². The second-order valence-electron chi connectivity index (χ2n) is 8.25. The monoisotopic (exact) mass is 363 g/mol. The Balaban J connectivity index is 1.85. The number of ether oxygens (including phenoxy) is 1. The molecule has 2 aliphatic rings. The normalized spacial score (nSPS) is 29.7. The summed E-state index contributed by atoms with van der Waals surface area (Å²) in [6.45, 7) is 8.53. The molecule has 0 saturated carbocycles. The van der Waals surface area contributed by atoms with E-state index in [1.165, 1.54) is 11.1 Å². The van der Waals surface area contributed by atoms with E-state index in [-0.39, 0.29) is 18.4 Å². The minimum Gasteiger partial charge on any atom is -0.494 e. The first kappa shape index (κ1) is 19.6. The van der Waals surface area contributed by atoms with E-state index >= 15 is 0 Å². The second kappa shape index (κ2) is 8.26. The van der Waals surface area contributed by atoms with Crippen LogP contribution in [-0.2, 0) is 6.42 Å². The molecule has 0 bridgehead atoms. The van der Waals surface area contributed by atoms with Crippen LogP contribution in [0, 0.1) is 11.8 Å². The van der Waals surface area contributed by atoms with E-state index in [0.717, 1.165) is 38.1 Å². The molecule has 1 aromatic carbocycles. The van der Waals surface area contributed by atoms with E-state index in [1.54, 1.807) is 0 Å². The van der Waals surface area contributed by atoms with Gasteiger partial charge in [0.1, 0.15) is 5.75 Å². The Morgan fingerprint density at radius 1 is 1.38 bits per heavy atom. The first-order chi connectivity index (χ1) is 12.5. The lowest BCUT2D eigenvalue weighted by molar-refractivity contribution is -0.111. The quantitative estimate of drug-likeness (QED) is 0.772. The van der Waals surface area contributed by atoms with Gasteiger partial charge in [0.2, 0.25) is 0 Å². The van der Waals surface area contributed by atoms with Crippen LogP contribution in [0.4, 0.5) is 4.39 Å². The highest BCUT2D eigenvalue weighted by molar-refractivity contribution is 5.40. The number of piperidine rings is 1. The van der Waals surface area contributed by atoms with Crippen molar-refractivity contribution in [2.45, 2.75) is 64.5 Å². The van der Waals surface area contributed by atoms with Crippen molar-refractivity contribution in [3.05, 3.63) is 29.3 Å². The van der Waals surface area contributed by atoms with Crippen molar-refractivity contribution in [1.29, 1.82) is 0 Å². The van der Waals surface area contributed by atoms with Gasteiger partial charge in [-0.3, -0.25) is 9.29 Å². The molecule has 1 aromatic rings. The molecule has 2 aliphatic heterocycles. The van der Waals surface area contributed by atoms with Crippen molar-refractivity contribution in [1.82, 2.24) is 4.90 Å². The fourth-order valence-corrected chi connectivity index (χ4v) is 4.82. The Kier molecular flexibility index (Phi) is 6.24. The number of alkyl halides is 1. The molecular weight excluding hydrogens is 329 g/mol. The molecule has 146 valence electrons. The molecule has 26 heavy (non-hydrogen) atoms. The van der Waals surface area contributed by atoms with Crippen molar-refractivity contribution in [3.8, 4) is 5.75 Å². The molecule has 1 fully saturated rings. The Morgan fingerprint density at radius 2 is 2.19 bits per heavy atom. The number of hydrogen-bond acceptors (Lipinski definition) is 3. The summed E-state index contributed by atoms with van der Waals surface area (Å²) in [5.74, 6) is 1.64. The van der Waals surface area contributed by atoms with E-state index in [1.807, 2.05) is 13.0 Å². The van der Waals surface area contributed by atoms with Crippen molar-refractivity contribution >= 4 is 0 Å². The fraction of sp³-hybridized carbons (Fsp3) is 0.727. The van der Waals surface area contributed by atoms with Crippen LogP contribution in [0.3, 0.4) is 0 Å². The van der Waals surface area contributed by atoms with Crippen LogP contribution in [0.15, 0.2) is 18.2 Å². The summed E-state index contributed by atoms with van der Waals surface area (Å²) >= 11 is 0. The number of halogens is 1. The maximum Gasteiger partial charge on any atom is 0.119 e. The number of hydrogen-bond donors (Lipinski definition) is 1. The zero-order valence-corrected chi connectivity index (χ0v) is 16.5. The smallest absolute Gasteiger partial charge is 0.119 e. The first-order valence-electron chi connectivity index (χ1n) is 10.3. The van der Waals surface area contributed by atoms with Gasteiger partial charge in [-0.1, -0.05) is 26.3 Å². The summed E-state index contributed by atoms with van der Waals surface area (Å²) in [5, 5.41) is 11.4. The lowest BCUT2D eigenvalue weighted by atomic mass is 9.69. The summed E-state index contributed by atoms with van der Waals surface area (Å²) in [4.78, 5) is 2.52. The van der Waals surface area contributed by atoms with Gasteiger partial charge in [-0.15, -0.1) is 0 Å². The molecule has 3 rings (SSSR count). The van der Waals surface area contributed by atoms with Gasteiger partial charge < -0.3 is 9.84 Å². The molecule has 3 nitrogen and oxygen atoms in total. The van der Waals surface area contributed by atoms with Crippen molar-refractivity contribution in [3.63, 3.8) is 0 Å². The predicted molar refractivity (Wildman–Crippen MR) is 103 cm³/mol. The maximum absolute atomic E-state index is 13.3. The molecule has 0 aliphatic carbocycles. The van der Waals surface area contributed by atoms with Gasteiger partial charge in [-0.05, 0) is 55.4 Å². The summed E-state index contributed by atoms with van der Waals surface area (Å²) < 4.78 is 18.9. The molecule has 0 spiro atoms. The third-order valence-corrected chi connectivity index (χ3v) is 6.57. The van der Waals surface area contributed by atoms with Gasteiger partial charge in [0.05, 0.1) is 18.9 Å². The van der Waals surface area contributed by atoms with Gasteiger partial charge in [0.15, 0.2) is 0 Å². The number of fused-ring (bicyclic) bond motifs is 3. The van der Waals surface area contributed by atoms with E-state index in [9.17, 15) is 9.50 Å². The summed E-state index contributed by atoms with van der Waals surface area (Å²) in [5.41, 5.74) is 1.71. The van der Waals surface area contributed by atoms with Gasteiger partial charge >= 0.3 is 0 Å². The van der Waals surface area contributed by atoms with Gasteiger partial charge in [-0.2, -0.15) is 0 Å². The Hall–Kier alpha value is -1.13. The zero-order valence-electron chi connectivity index (χ0n) is 16.5. The van der Waals surface area contributed by atoms with Crippen LogP contribution >= 0.6 is 0 Å². The van der Waals surface area contributed by atoms with E-state index in [2.05, 4.69) is 30.9 Å². The minimum atomic E-state index is -0.896. The van der Waals surface area contributed by atoms with Crippen LogP contribution in [0.1, 0.15) is 63.6 Å². The van der Waals surface area contributed by atoms with E-state index in [4.69, 9.17) is 4.74 Å². The third kappa shape index (κ3) is 3.91.